The number of rotatable bonds is 10. The summed E-state index contributed by atoms with van der Waals surface area (Å²) in [5.41, 5.74) is 6.96. The number of nitrogens with two attached hydrogens (primary N) is 1. The Kier molecular flexibility index (Phi) is 9.70. The Balaban J connectivity index is 1.54. The topological polar surface area (TPSA) is 146 Å². The molecule has 0 aliphatic carbocycles. The number of carbonyl (C=O) groups excluding carboxylic acids is 4. The van der Waals surface area contributed by atoms with Crippen LogP contribution in [-0.2, 0) is 9.53 Å². The summed E-state index contributed by atoms with van der Waals surface area (Å²) in [6.45, 7) is 3.30. The highest BCUT2D eigenvalue weighted by Gasteiger charge is 2.19. The molecule has 2 amide bonds. The summed E-state index contributed by atoms with van der Waals surface area (Å²) in [7, 11) is 0. The molecule has 0 radical (unpaired) electrons. The molecule has 10 heteroatoms. The number of nitrogens with one attached hydrogen (secondary N) is 1. The van der Waals surface area contributed by atoms with Gasteiger partial charge in [0.05, 0.1) is 12.6 Å². The molecule has 3 aromatic rings. The van der Waals surface area contributed by atoms with Gasteiger partial charge in [-0.1, -0.05) is 30.3 Å². The van der Waals surface area contributed by atoms with Gasteiger partial charge < -0.3 is 25.3 Å². The average molecular weight is 518 g/mol. The molecule has 0 saturated heterocycles. The summed E-state index contributed by atoms with van der Waals surface area (Å²) < 4.78 is 15.2. The monoisotopic (exact) mass is 517 g/mol. The minimum absolute atomic E-state index is 0.0730. The number of aliphatic imine (C=N–C) groups is 1. The van der Waals surface area contributed by atoms with E-state index in [1.165, 1.54) is 24.3 Å². The molecule has 0 heterocycles. The van der Waals surface area contributed by atoms with E-state index in [0.717, 1.165) is 0 Å². The van der Waals surface area contributed by atoms with Crippen molar-refractivity contribution in [1.29, 1.82) is 0 Å². The number of benzene rings is 3. The second-order valence-corrected chi connectivity index (χ2v) is 7.93. The first-order valence-electron chi connectivity index (χ1n) is 11.7. The van der Waals surface area contributed by atoms with Crippen molar-refractivity contribution in [3.05, 3.63) is 95.6 Å². The molecular weight excluding hydrogens is 490 g/mol. The molecule has 1 atom stereocenters. The van der Waals surface area contributed by atoms with Gasteiger partial charge in [-0.05, 0) is 62.4 Å². The highest BCUT2D eigenvalue weighted by molar-refractivity contribution is 6.05. The van der Waals surface area contributed by atoms with Gasteiger partial charge in [-0.25, -0.2) is 9.59 Å². The number of hydrogen-bond donors (Lipinski definition) is 2. The molecule has 0 aromatic heterocycles. The van der Waals surface area contributed by atoms with E-state index in [9.17, 15) is 19.2 Å². The zero-order valence-electron chi connectivity index (χ0n) is 20.9. The van der Waals surface area contributed by atoms with Gasteiger partial charge in [0.2, 0.25) is 0 Å². The molecule has 0 fully saturated rings. The van der Waals surface area contributed by atoms with Crippen LogP contribution in [0.2, 0.25) is 0 Å². The molecule has 38 heavy (non-hydrogen) atoms. The molecule has 3 aromatic carbocycles. The van der Waals surface area contributed by atoms with Gasteiger partial charge in [0.15, 0.2) is 12.4 Å². The molecule has 10 nitrogen and oxygen atoms in total. The molecule has 0 saturated carbocycles. The number of hydrogen-bond acceptors (Lipinski definition) is 7. The van der Waals surface area contributed by atoms with Crippen molar-refractivity contribution in [2.24, 2.45) is 10.7 Å². The van der Waals surface area contributed by atoms with Crippen LogP contribution in [0.1, 0.15) is 40.1 Å². The van der Waals surface area contributed by atoms with E-state index in [4.69, 9.17) is 19.9 Å². The molecule has 1 unspecified atom stereocenters. The number of amides is 2. The van der Waals surface area contributed by atoms with Gasteiger partial charge in [-0.3, -0.25) is 9.59 Å². The quantitative estimate of drug-likeness (QED) is 0.180. The number of nitrogens with zero attached hydrogens (tertiary/aromatic N) is 1. The molecular formula is C28H27N3O7. The minimum atomic E-state index is -0.874. The summed E-state index contributed by atoms with van der Waals surface area (Å²) in [5, 5.41) is 2.65. The number of para-hydroxylation sites is 1. The Bertz CT molecular complexity index is 1300. The first-order valence-corrected chi connectivity index (χ1v) is 11.7. The van der Waals surface area contributed by atoms with Gasteiger partial charge in [0.25, 0.3) is 5.91 Å². The van der Waals surface area contributed by atoms with Gasteiger partial charge in [-0.15, -0.1) is 0 Å². The van der Waals surface area contributed by atoms with E-state index in [1.54, 1.807) is 68.4 Å². The fourth-order valence-corrected chi connectivity index (χ4v) is 3.22. The van der Waals surface area contributed by atoms with Crippen LogP contribution < -0.4 is 20.5 Å². The number of esters is 1. The van der Waals surface area contributed by atoms with E-state index in [1.807, 2.05) is 0 Å². The predicted octanol–water partition coefficient (Wildman–Crippen LogP) is 3.53. The summed E-state index contributed by atoms with van der Waals surface area (Å²) in [5.74, 6) is -0.592. The third-order valence-electron chi connectivity index (χ3n) is 5.14. The highest BCUT2D eigenvalue weighted by atomic mass is 16.6. The van der Waals surface area contributed by atoms with Crippen LogP contribution in [0.5, 0.6) is 11.5 Å². The molecule has 0 spiro atoms. The number of Topliss-reactive ketones (excluding diaryl/α,β-unsaturated/α-hetero) is 1. The largest absolute Gasteiger partial charge is 0.482 e. The van der Waals surface area contributed by atoms with E-state index < -0.39 is 24.0 Å². The van der Waals surface area contributed by atoms with E-state index in [2.05, 4.69) is 10.3 Å². The smallest absolute Gasteiger partial charge is 0.441 e. The number of ether oxygens (including phenoxy) is 3. The van der Waals surface area contributed by atoms with Crippen molar-refractivity contribution >= 4 is 29.6 Å². The van der Waals surface area contributed by atoms with E-state index in [-0.39, 0.29) is 30.4 Å². The first kappa shape index (κ1) is 27.6. The van der Waals surface area contributed by atoms with Crippen molar-refractivity contribution in [2.45, 2.75) is 19.9 Å². The van der Waals surface area contributed by atoms with Gasteiger partial charge >= 0.3 is 12.1 Å². The number of ketones is 1. The zero-order valence-corrected chi connectivity index (χ0v) is 20.9. The Morgan fingerprint density at radius 1 is 0.842 bits per heavy atom. The van der Waals surface area contributed by atoms with Crippen molar-refractivity contribution in [2.75, 3.05) is 13.2 Å². The molecule has 3 rings (SSSR count). The maximum Gasteiger partial charge on any atom is 0.441 e. The second kappa shape index (κ2) is 13.4. The average Bonchev–Trinajstić information content (AvgIpc) is 2.92. The minimum Gasteiger partial charge on any atom is -0.482 e. The van der Waals surface area contributed by atoms with Crippen LogP contribution in [0, 0.1) is 0 Å². The van der Waals surface area contributed by atoms with Crippen molar-refractivity contribution < 1.29 is 33.4 Å². The lowest BCUT2D eigenvalue weighted by atomic mass is 10.0. The summed E-state index contributed by atoms with van der Waals surface area (Å²) >= 11 is 0. The Labute approximate surface area is 219 Å². The summed E-state index contributed by atoms with van der Waals surface area (Å²) in [6, 6.07) is 19.9. The van der Waals surface area contributed by atoms with Crippen LogP contribution in [0.15, 0.2) is 83.9 Å². The lowest BCUT2D eigenvalue weighted by Crippen LogP contribution is -2.38. The standard InChI is InChI=1S/C28H27N3O7/c1-3-36-24(32)17-37-22-15-13-19(14-16-22)25(33)18(2)30-27(34)21-11-9-20(10-12-21)26(29)31-28(35)38-23-7-5-4-6-8-23/h4-16,18H,3,17H2,1-2H3,(H,30,34)(H2,29,31,35). The lowest BCUT2D eigenvalue weighted by Gasteiger charge is -2.14. The molecule has 0 bridgehead atoms. The maximum atomic E-state index is 12.7. The third-order valence-corrected chi connectivity index (χ3v) is 5.14. The molecule has 196 valence electrons. The fourth-order valence-electron chi connectivity index (χ4n) is 3.22. The number of carbonyl (C=O) groups is 4. The maximum absolute atomic E-state index is 12.7. The van der Waals surface area contributed by atoms with Crippen LogP contribution >= 0.6 is 0 Å². The Hall–Kier alpha value is -4.99. The van der Waals surface area contributed by atoms with Crippen LogP contribution in [0.25, 0.3) is 0 Å². The summed E-state index contributed by atoms with van der Waals surface area (Å²) in [6.07, 6.45) is -0.874. The summed E-state index contributed by atoms with van der Waals surface area (Å²) in [4.78, 5) is 52.5. The predicted molar refractivity (Wildman–Crippen MR) is 139 cm³/mol. The highest BCUT2D eigenvalue weighted by Crippen LogP contribution is 2.14. The van der Waals surface area contributed by atoms with Crippen molar-refractivity contribution in [1.82, 2.24) is 5.32 Å². The fraction of sp³-hybridized carbons (Fsp3) is 0.179. The first-order chi connectivity index (χ1) is 18.3. The van der Waals surface area contributed by atoms with E-state index >= 15 is 0 Å². The van der Waals surface area contributed by atoms with Gasteiger partial charge in [0.1, 0.15) is 17.3 Å². The molecule has 0 aliphatic heterocycles. The Morgan fingerprint density at radius 3 is 2.08 bits per heavy atom. The number of amidine groups is 1. The molecule has 0 aliphatic rings. The normalized spacial score (nSPS) is 11.7. The van der Waals surface area contributed by atoms with Crippen LogP contribution in [0.3, 0.4) is 0 Å². The zero-order chi connectivity index (χ0) is 27.5. The Morgan fingerprint density at radius 2 is 1.45 bits per heavy atom. The van der Waals surface area contributed by atoms with Gasteiger partial charge in [-0.2, -0.15) is 4.99 Å². The second-order valence-electron chi connectivity index (χ2n) is 7.93. The van der Waals surface area contributed by atoms with Crippen molar-refractivity contribution in [3.63, 3.8) is 0 Å². The van der Waals surface area contributed by atoms with Crippen molar-refractivity contribution in [3.8, 4) is 11.5 Å². The third kappa shape index (κ3) is 8.02. The molecule has 3 N–H and O–H groups in total. The van der Waals surface area contributed by atoms with Crippen LogP contribution in [-0.4, -0.2) is 48.8 Å². The lowest BCUT2D eigenvalue weighted by molar-refractivity contribution is -0.145. The van der Waals surface area contributed by atoms with Gasteiger partial charge in [0, 0.05) is 16.7 Å². The SMILES string of the molecule is CCOC(=O)COc1ccc(C(=O)C(C)NC(=O)c2ccc(/C(N)=N\C(=O)Oc3ccccc3)cc2)cc1. The van der Waals surface area contributed by atoms with Crippen LogP contribution in [0.4, 0.5) is 4.79 Å². The van der Waals surface area contributed by atoms with E-state index in [0.29, 0.717) is 22.6 Å².